The Morgan fingerprint density at radius 3 is 1.28 bits per heavy atom. The Labute approximate surface area is 209 Å². The van der Waals surface area contributed by atoms with Crippen LogP contribution in [0.4, 0.5) is 5.69 Å². The van der Waals surface area contributed by atoms with E-state index in [2.05, 4.69) is 53.1 Å². The lowest BCUT2D eigenvalue weighted by molar-refractivity contribution is -0.118. The molecule has 0 saturated heterocycles. The van der Waals surface area contributed by atoms with Crippen LogP contribution in [-0.4, -0.2) is 112 Å². The van der Waals surface area contributed by atoms with Gasteiger partial charge in [0.25, 0.3) is 11.8 Å². The van der Waals surface area contributed by atoms with E-state index in [-0.39, 0.29) is 82.8 Å². The van der Waals surface area contributed by atoms with Gasteiger partial charge in [0.1, 0.15) is 6.61 Å². The molecule has 1 aromatic rings. The molecule has 180 valence electrons. The normalized spacial score (nSPS) is 10.8. The summed E-state index contributed by atoms with van der Waals surface area (Å²) in [5, 5.41) is 48.7. The SMILES string of the molecule is O=C(CO)Nc1c(Br)c(C(=O)N(CCO)CCO)c(Br)c(C(=O)N(CCO)CCO)c1Br. The van der Waals surface area contributed by atoms with Crippen molar-refractivity contribution in [2.24, 2.45) is 0 Å². The Hall–Kier alpha value is -1.13. The van der Waals surface area contributed by atoms with Crippen LogP contribution in [0.5, 0.6) is 0 Å². The minimum atomic E-state index is -0.857. The second kappa shape index (κ2) is 14.2. The summed E-state index contributed by atoms with van der Waals surface area (Å²) < 4.78 is 0.197. The van der Waals surface area contributed by atoms with Gasteiger partial charge in [-0.1, -0.05) is 0 Å². The molecule has 0 aliphatic heterocycles. The highest BCUT2D eigenvalue weighted by Crippen LogP contribution is 2.43. The van der Waals surface area contributed by atoms with Crippen LogP contribution in [0.25, 0.3) is 0 Å². The van der Waals surface area contributed by atoms with Crippen molar-refractivity contribution >= 4 is 71.2 Å². The minimum Gasteiger partial charge on any atom is -0.395 e. The first-order chi connectivity index (χ1) is 15.2. The van der Waals surface area contributed by atoms with Gasteiger partial charge in [0.2, 0.25) is 5.91 Å². The largest absolute Gasteiger partial charge is 0.395 e. The van der Waals surface area contributed by atoms with Crippen LogP contribution in [0, 0.1) is 0 Å². The number of aliphatic hydroxyl groups is 5. The Kier molecular flexibility index (Phi) is 12.8. The summed E-state index contributed by atoms with van der Waals surface area (Å²) in [6.07, 6.45) is 0. The molecule has 0 fully saturated rings. The third kappa shape index (κ3) is 6.93. The molecule has 1 aromatic carbocycles. The number of carbonyl (C=O) groups is 3. The molecule has 0 spiro atoms. The highest BCUT2D eigenvalue weighted by molar-refractivity contribution is 9.11. The van der Waals surface area contributed by atoms with Gasteiger partial charge in [-0.3, -0.25) is 14.4 Å². The van der Waals surface area contributed by atoms with Crippen molar-refractivity contribution in [2.45, 2.75) is 0 Å². The molecule has 0 saturated carbocycles. The Morgan fingerprint density at radius 1 is 0.656 bits per heavy atom. The lowest BCUT2D eigenvalue weighted by Gasteiger charge is -2.27. The fourth-order valence-electron chi connectivity index (χ4n) is 2.76. The molecule has 0 aliphatic rings. The van der Waals surface area contributed by atoms with Crippen molar-refractivity contribution in [2.75, 3.05) is 64.5 Å². The molecule has 3 amide bonds. The van der Waals surface area contributed by atoms with Gasteiger partial charge in [-0.2, -0.15) is 0 Å². The van der Waals surface area contributed by atoms with Crippen molar-refractivity contribution in [3.05, 3.63) is 24.5 Å². The topological polar surface area (TPSA) is 171 Å². The van der Waals surface area contributed by atoms with Gasteiger partial charge >= 0.3 is 0 Å². The van der Waals surface area contributed by atoms with Crippen LogP contribution >= 0.6 is 47.8 Å². The van der Waals surface area contributed by atoms with Crippen LogP contribution in [0.1, 0.15) is 20.7 Å². The van der Waals surface area contributed by atoms with E-state index in [0.717, 1.165) is 9.80 Å². The second-order valence-electron chi connectivity index (χ2n) is 6.25. The summed E-state index contributed by atoms with van der Waals surface area (Å²) in [6.45, 7) is -2.76. The maximum Gasteiger partial charge on any atom is 0.256 e. The zero-order valence-electron chi connectivity index (χ0n) is 16.9. The summed E-state index contributed by atoms with van der Waals surface area (Å²) in [5.74, 6) is -2.14. The fourth-order valence-corrected chi connectivity index (χ4v) is 5.62. The lowest BCUT2D eigenvalue weighted by Crippen LogP contribution is -2.38. The van der Waals surface area contributed by atoms with Crippen molar-refractivity contribution < 1.29 is 39.9 Å². The summed E-state index contributed by atoms with van der Waals surface area (Å²) in [6, 6.07) is 0. The number of halogens is 3. The number of rotatable bonds is 12. The number of carbonyl (C=O) groups excluding carboxylic acids is 3. The van der Waals surface area contributed by atoms with E-state index in [1.807, 2.05) is 0 Å². The average Bonchev–Trinajstić information content (AvgIpc) is 2.76. The molecule has 0 heterocycles. The maximum atomic E-state index is 13.2. The number of hydrogen-bond donors (Lipinski definition) is 6. The standard InChI is InChI=1S/C18H24Br3N3O8/c19-13-11(17(31)23(1-5-25)2-6-26)14(20)16(22-10(30)9-29)15(21)12(13)18(32)24(3-7-27)4-8-28/h25-29H,1-9H2,(H,22,30). The molecule has 0 radical (unpaired) electrons. The lowest BCUT2D eigenvalue weighted by atomic mass is 10.1. The summed E-state index contributed by atoms with van der Waals surface area (Å²) >= 11 is 9.80. The predicted octanol–water partition coefficient (Wildman–Crippen LogP) is -0.241. The fraction of sp³-hybridized carbons (Fsp3) is 0.500. The summed E-state index contributed by atoms with van der Waals surface area (Å²) in [7, 11) is 0. The van der Waals surface area contributed by atoms with Gasteiger partial charge in [0.05, 0.1) is 52.2 Å². The highest BCUT2D eigenvalue weighted by Gasteiger charge is 2.32. The predicted molar refractivity (Wildman–Crippen MR) is 125 cm³/mol. The maximum absolute atomic E-state index is 13.2. The van der Waals surface area contributed by atoms with E-state index in [4.69, 9.17) is 5.11 Å². The third-order valence-corrected chi connectivity index (χ3v) is 6.59. The first-order valence-electron chi connectivity index (χ1n) is 9.33. The quantitative estimate of drug-likeness (QED) is 0.180. The van der Waals surface area contributed by atoms with Gasteiger partial charge in [-0.05, 0) is 47.8 Å². The highest BCUT2D eigenvalue weighted by atomic mass is 79.9. The molecule has 0 bridgehead atoms. The Morgan fingerprint density at radius 2 is 1.00 bits per heavy atom. The number of anilines is 1. The van der Waals surface area contributed by atoms with E-state index < -0.39 is 24.3 Å². The van der Waals surface area contributed by atoms with Crippen molar-refractivity contribution in [3.63, 3.8) is 0 Å². The van der Waals surface area contributed by atoms with Gasteiger partial charge in [-0.15, -0.1) is 0 Å². The van der Waals surface area contributed by atoms with E-state index in [1.54, 1.807) is 0 Å². The van der Waals surface area contributed by atoms with Gasteiger partial charge in [0, 0.05) is 30.7 Å². The number of aliphatic hydroxyl groups excluding tert-OH is 5. The first-order valence-corrected chi connectivity index (χ1v) is 11.7. The molecular weight excluding hydrogens is 626 g/mol. The number of nitrogens with one attached hydrogen (secondary N) is 1. The second-order valence-corrected chi connectivity index (χ2v) is 8.63. The van der Waals surface area contributed by atoms with Crippen molar-refractivity contribution in [3.8, 4) is 0 Å². The van der Waals surface area contributed by atoms with Crippen LogP contribution in [0.3, 0.4) is 0 Å². The molecule has 0 aromatic heterocycles. The monoisotopic (exact) mass is 647 g/mol. The van der Waals surface area contributed by atoms with Crippen LogP contribution in [0.15, 0.2) is 13.4 Å². The van der Waals surface area contributed by atoms with E-state index in [1.165, 1.54) is 0 Å². The summed E-state index contributed by atoms with van der Waals surface area (Å²) in [4.78, 5) is 40.7. The zero-order valence-corrected chi connectivity index (χ0v) is 21.6. The number of benzene rings is 1. The van der Waals surface area contributed by atoms with Gasteiger partial charge in [0.15, 0.2) is 0 Å². The number of amides is 3. The van der Waals surface area contributed by atoms with E-state index >= 15 is 0 Å². The van der Waals surface area contributed by atoms with Crippen molar-refractivity contribution in [1.29, 1.82) is 0 Å². The third-order valence-electron chi connectivity index (χ3n) is 4.21. The molecule has 32 heavy (non-hydrogen) atoms. The summed E-state index contributed by atoms with van der Waals surface area (Å²) in [5.41, 5.74) is -0.181. The molecule has 1 rings (SSSR count). The van der Waals surface area contributed by atoms with Gasteiger partial charge in [-0.25, -0.2) is 0 Å². The number of hydrogen-bond acceptors (Lipinski definition) is 8. The van der Waals surface area contributed by atoms with Crippen molar-refractivity contribution in [1.82, 2.24) is 9.80 Å². The molecule has 14 heteroatoms. The van der Waals surface area contributed by atoms with Crippen LogP contribution in [-0.2, 0) is 4.79 Å². The smallest absolute Gasteiger partial charge is 0.256 e. The molecular formula is C18H24Br3N3O8. The van der Waals surface area contributed by atoms with Crippen LogP contribution in [0.2, 0.25) is 0 Å². The molecule has 6 N–H and O–H groups in total. The molecule has 0 atom stereocenters. The first kappa shape index (κ1) is 28.9. The van der Waals surface area contributed by atoms with E-state index in [0.29, 0.717) is 0 Å². The number of nitrogens with zero attached hydrogens (tertiary/aromatic N) is 2. The average molecular weight is 650 g/mol. The molecule has 0 aliphatic carbocycles. The molecule has 0 unspecified atom stereocenters. The molecule has 11 nitrogen and oxygen atoms in total. The van der Waals surface area contributed by atoms with E-state index in [9.17, 15) is 34.8 Å². The van der Waals surface area contributed by atoms with Gasteiger partial charge < -0.3 is 40.6 Å². The van der Waals surface area contributed by atoms with Crippen LogP contribution < -0.4 is 5.32 Å². The zero-order chi connectivity index (χ0) is 24.4. The minimum absolute atomic E-state index is 0.0140. The Balaban J connectivity index is 3.80. The Bertz CT molecular complexity index is 773.